The molecule has 2 aromatic rings. The molecule has 1 aromatic heterocycles. The fourth-order valence-corrected chi connectivity index (χ4v) is 2.33. The van der Waals surface area contributed by atoms with Gasteiger partial charge in [-0.3, -0.25) is 15.7 Å². The molecule has 3 rings (SSSR count). The number of nitrogen functional groups attached to an aromatic ring is 1. The van der Waals surface area contributed by atoms with E-state index in [2.05, 4.69) is 26.0 Å². The van der Waals surface area contributed by atoms with E-state index in [-0.39, 0.29) is 23.4 Å². The summed E-state index contributed by atoms with van der Waals surface area (Å²) in [6.07, 6.45) is 1.85. The smallest absolute Gasteiger partial charge is 0.199 e. The summed E-state index contributed by atoms with van der Waals surface area (Å²) in [7, 11) is 0. The molecule has 7 heteroatoms. The number of nitrogens with one attached hydrogen (secondary N) is 1. The lowest BCUT2D eigenvalue weighted by Gasteiger charge is -2.08. The Morgan fingerprint density at radius 1 is 1.42 bits per heavy atom. The number of nitrogens with zero attached hydrogens (tertiary/aromatic N) is 3. The van der Waals surface area contributed by atoms with Gasteiger partial charge >= 0.3 is 0 Å². The van der Waals surface area contributed by atoms with E-state index < -0.39 is 0 Å². The van der Waals surface area contributed by atoms with Crippen LogP contribution in [0.1, 0.15) is 29.3 Å². The zero-order chi connectivity index (χ0) is 13.2. The van der Waals surface area contributed by atoms with E-state index in [9.17, 15) is 5.21 Å². The molecule has 0 saturated heterocycles. The molecule has 0 bridgehead atoms. The second-order valence-corrected chi connectivity index (χ2v) is 4.34. The van der Waals surface area contributed by atoms with Crippen molar-refractivity contribution in [3.63, 3.8) is 0 Å². The highest BCUT2D eigenvalue weighted by Crippen LogP contribution is 2.34. The third-order valence-corrected chi connectivity index (χ3v) is 3.23. The second kappa shape index (κ2) is 4.69. The first kappa shape index (κ1) is 11.7. The van der Waals surface area contributed by atoms with Crippen molar-refractivity contribution < 1.29 is 9.84 Å². The Balaban J connectivity index is 1.95. The van der Waals surface area contributed by atoms with Gasteiger partial charge in [-0.1, -0.05) is 24.3 Å². The van der Waals surface area contributed by atoms with Gasteiger partial charge in [-0.05, 0) is 34.3 Å². The summed E-state index contributed by atoms with van der Waals surface area (Å²) in [5.41, 5.74) is 10.2. The zero-order valence-electron chi connectivity index (χ0n) is 10.1. The Bertz CT molecular complexity index is 622. The van der Waals surface area contributed by atoms with Crippen LogP contribution in [0.25, 0.3) is 0 Å². The van der Waals surface area contributed by atoms with Crippen molar-refractivity contribution in [3.8, 4) is 0 Å². The van der Waals surface area contributed by atoms with Crippen LogP contribution in [0.15, 0.2) is 33.9 Å². The first-order valence-corrected chi connectivity index (χ1v) is 5.93. The molecule has 1 aromatic carbocycles. The van der Waals surface area contributed by atoms with Gasteiger partial charge in [-0.25, -0.2) is 4.63 Å². The Morgan fingerprint density at radius 3 is 3.00 bits per heavy atom. The van der Waals surface area contributed by atoms with E-state index in [1.807, 2.05) is 23.7 Å². The summed E-state index contributed by atoms with van der Waals surface area (Å²) in [6.45, 7) is 0. The van der Waals surface area contributed by atoms with Crippen LogP contribution in [0.3, 0.4) is 0 Å². The molecule has 0 saturated carbocycles. The largest absolute Gasteiger partial charge is 0.379 e. The van der Waals surface area contributed by atoms with Crippen LogP contribution in [0.5, 0.6) is 0 Å². The monoisotopic (exact) mass is 259 g/mol. The van der Waals surface area contributed by atoms with Crippen molar-refractivity contribution in [1.82, 2.24) is 15.8 Å². The van der Waals surface area contributed by atoms with Crippen molar-refractivity contribution in [3.05, 3.63) is 41.1 Å². The molecule has 1 heterocycles. The Labute approximate surface area is 109 Å². The van der Waals surface area contributed by atoms with Crippen LogP contribution in [0.2, 0.25) is 0 Å². The minimum atomic E-state index is -0.0260. The van der Waals surface area contributed by atoms with Gasteiger partial charge in [0, 0.05) is 0 Å². The maximum absolute atomic E-state index is 9.18. The number of benzene rings is 1. The maximum Gasteiger partial charge on any atom is 0.199 e. The zero-order valence-corrected chi connectivity index (χ0v) is 10.1. The summed E-state index contributed by atoms with van der Waals surface area (Å²) in [5, 5.41) is 16.3. The van der Waals surface area contributed by atoms with E-state index in [0.717, 1.165) is 18.4 Å². The topological polar surface area (TPSA) is 110 Å². The minimum Gasteiger partial charge on any atom is -0.379 e. The molecule has 98 valence electrons. The van der Waals surface area contributed by atoms with Gasteiger partial charge in [0.1, 0.15) is 0 Å². The number of rotatable bonds is 2. The Morgan fingerprint density at radius 2 is 2.26 bits per heavy atom. The van der Waals surface area contributed by atoms with Crippen LogP contribution in [0, 0.1) is 0 Å². The summed E-state index contributed by atoms with van der Waals surface area (Å²) >= 11 is 0. The van der Waals surface area contributed by atoms with Gasteiger partial charge in [-0.2, -0.15) is 0 Å². The predicted molar refractivity (Wildman–Crippen MR) is 67.7 cm³/mol. The lowest BCUT2D eigenvalue weighted by molar-refractivity contribution is 0.233. The lowest BCUT2D eigenvalue weighted by atomic mass is 10.1. The third kappa shape index (κ3) is 2.04. The van der Waals surface area contributed by atoms with Gasteiger partial charge in [0.05, 0.1) is 6.04 Å². The molecule has 0 aliphatic heterocycles. The van der Waals surface area contributed by atoms with Crippen LogP contribution >= 0.6 is 0 Å². The quantitative estimate of drug-likeness (QED) is 0.422. The number of aryl methyl sites for hydroxylation is 1. The van der Waals surface area contributed by atoms with Crippen LogP contribution < -0.4 is 11.2 Å². The van der Waals surface area contributed by atoms with Crippen molar-refractivity contribution in [2.75, 3.05) is 5.73 Å². The van der Waals surface area contributed by atoms with Crippen molar-refractivity contribution in [1.29, 1.82) is 0 Å². The average Bonchev–Trinajstić information content (AvgIpc) is 3.03. The van der Waals surface area contributed by atoms with E-state index >= 15 is 0 Å². The van der Waals surface area contributed by atoms with Crippen molar-refractivity contribution in [2.24, 2.45) is 4.99 Å². The van der Waals surface area contributed by atoms with Gasteiger partial charge < -0.3 is 5.73 Å². The fourth-order valence-electron chi connectivity index (χ4n) is 2.33. The Kier molecular flexibility index (Phi) is 2.88. The Hall–Kier alpha value is -2.41. The molecule has 0 fully saturated rings. The van der Waals surface area contributed by atoms with E-state index in [0.29, 0.717) is 0 Å². The van der Waals surface area contributed by atoms with E-state index in [4.69, 9.17) is 5.73 Å². The first-order valence-electron chi connectivity index (χ1n) is 5.93. The van der Waals surface area contributed by atoms with Gasteiger partial charge in [0.2, 0.25) is 0 Å². The normalized spacial score (nSPS) is 18.4. The van der Waals surface area contributed by atoms with E-state index in [1.165, 1.54) is 5.56 Å². The van der Waals surface area contributed by atoms with Crippen LogP contribution in [-0.4, -0.2) is 21.4 Å². The minimum absolute atomic E-state index is 0.0260. The molecule has 1 atom stereocenters. The number of hydroxylamine groups is 1. The van der Waals surface area contributed by atoms with E-state index in [1.54, 1.807) is 0 Å². The van der Waals surface area contributed by atoms with Gasteiger partial charge in [-0.15, -0.1) is 0 Å². The summed E-state index contributed by atoms with van der Waals surface area (Å²) < 4.78 is 4.51. The number of nitrogens with two attached hydrogens (primary N) is 1. The highest BCUT2D eigenvalue weighted by Gasteiger charge is 2.23. The van der Waals surface area contributed by atoms with Crippen LogP contribution in [-0.2, 0) is 6.42 Å². The predicted octanol–water partition coefficient (Wildman–Crippen LogP) is 1.06. The molecule has 4 N–H and O–H groups in total. The number of anilines is 1. The molecular weight excluding hydrogens is 246 g/mol. The molecule has 0 spiro atoms. The first-order chi connectivity index (χ1) is 9.29. The number of aliphatic imine (C=N–C) groups is 1. The summed E-state index contributed by atoms with van der Waals surface area (Å²) in [5.74, 6) is 0.257. The molecule has 19 heavy (non-hydrogen) atoms. The second-order valence-electron chi connectivity index (χ2n) is 4.34. The lowest BCUT2D eigenvalue weighted by Crippen LogP contribution is -2.23. The molecule has 0 radical (unpaired) electrons. The van der Waals surface area contributed by atoms with Crippen molar-refractivity contribution >= 4 is 11.7 Å². The van der Waals surface area contributed by atoms with Crippen LogP contribution in [0.4, 0.5) is 5.82 Å². The van der Waals surface area contributed by atoms with Crippen molar-refractivity contribution in [2.45, 2.75) is 18.9 Å². The number of hydrogen-bond donors (Lipinski definition) is 3. The highest BCUT2D eigenvalue weighted by molar-refractivity contribution is 5.99. The third-order valence-electron chi connectivity index (χ3n) is 3.23. The van der Waals surface area contributed by atoms with Gasteiger partial charge in [0.25, 0.3) is 0 Å². The SMILES string of the molecule is Nc1nonc1C(=N[C@H]1CCc2ccccc21)NO. The molecule has 0 unspecified atom stereocenters. The molecule has 1 aliphatic carbocycles. The molecule has 7 nitrogen and oxygen atoms in total. The number of fused-ring (bicyclic) bond motifs is 1. The number of aromatic nitrogens is 2. The summed E-state index contributed by atoms with van der Waals surface area (Å²) in [6, 6.07) is 8.08. The highest BCUT2D eigenvalue weighted by atomic mass is 16.6. The maximum atomic E-state index is 9.18. The molecule has 1 aliphatic rings. The number of hydrogen-bond acceptors (Lipinski definition) is 6. The standard InChI is InChI=1S/C12H13N5O2/c13-11-10(16-19-17-11)12(15-18)14-9-6-5-7-3-1-2-4-8(7)9/h1-4,9,18H,5-6H2,(H2,13,17)(H,14,15)/t9-/m0/s1. The summed E-state index contributed by atoms with van der Waals surface area (Å²) in [4.78, 5) is 4.45. The number of amidine groups is 1. The van der Waals surface area contributed by atoms with Gasteiger partial charge in [0.15, 0.2) is 17.3 Å². The average molecular weight is 259 g/mol. The fraction of sp³-hybridized carbons (Fsp3) is 0.250. The molecular formula is C12H13N5O2. The molecule has 0 amide bonds.